The van der Waals surface area contributed by atoms with Crippen LogP contribution in [0.2, 0.25) is 0 Å². The first-order chi connectivity index (χ1) is 10.6. The van der Waals surface area contributed by atoms with Crippen molar-refractivity contribution in [3.63, 3.8) is 0 Å². The van der Waals surface area contributed by atoms with E-state index in [-0.39, 0.29) is 5.91 Å². The van der Waals surface area contributed by atoms with Gasteiger partial charge in [0.2, 0.25) is 0 Å². The molecular weight excluding hydrogens is 294 g/mol. The first-order valence-electron chi connectivity index (χ1n) is 7.03. The second-order valence-electron chi connectivity index (χ2n) is 4.76. The molecule has 0 aliphatic rings. The van der Waals surface area contributed by atoms with E-state index in [4.69, 9.17) is 11.1 Å². The van der Waals surface area contributed by atoms with Crippen LogP contribution in [-0.4, -0.2) is 18.7 Å². The van der Waals surface area contributed by atoms with Crippen molar-refractivity contribution in [1.82, 2.24) is 5.32 Å². The highest BCUT2D eigenvalue weighted by atomic mass is 32.2. The summed E-state index contributed by atoms with van der Waals surface area (Å²) in [7, 11) is 1.62. The predicted octanol–water partition coefficient (Wildman–Crippen LogP) is 3.56. The van der Waals surface area contributed by atoms with Crippen LogP contribution in [0.3, 0.4) is 0 Å². The van der Waals surface area contributed by atoms with Gasteiger partial charge in [-0.3, -0.25) is 4.79 Å². The standard InChI is InChI=1S/C17H19N3OS/c1-3-14(18)12-9-8-11(10-15(12)19)22-16-7-5-4-6-13(16)17(21)20-2/h4-10,18H,3,19H2,1-2H3,(H,20,21). The molecule has 2 aromatic rings. The average molecular weight is 313 g/mol. The van der Waals surface area contributed by atoms with Gasteiger partial charge < -0.3 is 16.5 Å². The Hall–Kier alpha value is -2.27. The van der Waals surface area contributed by atoms with Crippen molar-refractivity contribution in [3.05, 3.63) is 53.6 Å². The largest absolute Gasteiger partial charge is 0.398 e. The Bertz CT molecular complexity index is 713. The first-order valence-corrected chi connectivity index (χ1v) is 7.84. The maximum atomic E-state index is 11.9. The molecule has 0 saturated carbocycles. The van der Waals surface area contributed by atoms with Gasteiger partial charge >= 0.3 is 0 Å². The lowest BCUT2D eigenvalue weighted by molar-refractivity contribution is 0.0960. The molecule has 0 aliphatic carbocycles. The summed E-state index contributed by atoms with van der Waals surface area (Å²) >= 11 is 1.49. The third kappa shape index (κ3) is 3.49. The third-order valence-corrected chi connectivity index (χ3v) is 4.35. The van der Waals surface area contributed by atoms with Crippen molar-refractivity contribution in [2.24, 2.45) is 0 Å². The van der Waals surface area contributed by atoms with Crippen LogP contribution in [0.4, 0.5) is 5.69 Å². The van der Waals surface area contributed by atoms with Crippen molar-refractivity contribution in [1.29, 1.82) is 5.41 Å². The van der Waals surface area contributed by atoms with Crippen LogP contribution in [0.15, 0.2) is 52.3 Å². The number of rotatable bonds is 5. The number of nitrogen functional groups attached to an aromatic ring is 1. The number of anilines is 1. The minimum Gasteiger partial charge on any atom is -0.398 e. The molecule has 0 radical (unpaired) electrons. The maximum absolute atomic E-state index is 11.9. The van der Waals surface area contributed by atoms with Crippen LogP contribution >= 0.6 is 11.8 Å². The van der Waals surface area contributed by atoms with Crippen molar-refractivity contribution in [3.8, 4) is 0 Å². The first kappa shape index (κ1) is 16.1. The van der Waals surface area contributed by atoms with Crippen LogP contribution < -0.4 is 11.1 Å². The van der Waals surface area contributed by atoms with Gasteiger partial charge in [-0.25, -0.2) is 0 Å². The minimum absolute atomic E-state index is 0.111. The summed E-state index contributed by atoms with van der Waals surface area (Å²) in [5, 5.41) is 10.5. The molecule has 4 nitrogen and oxygen atoms in total. The number of carbonyl (C=O) groups is 1. The summed E-state index contributed by atoms with van der Waals surface area (Å²) in [4.78, 5) is 13.7. The summed E-state index contributed by atoms with van der Waals surface area (Å²) in [5.41, 5.74) is 8.57. The molecule has 0 aromatic heterocycles. The lowest BCUT2D eigenvalue weighted by Gasteiger charge is -2.10. The van der Waals surface area contributed by atoms with Crippen molar-refractivity contribution in [2.45, 2.75) is 23.1 Å². The minimum atomic E-state index is -0.111. The zero-order valence-corrected chi connectivity index (χ0v) is 13.5. The number of nitrogens with two attached hydrogens (primary N) is 1. The van der Waals surface area contributed by atoms with Crippen LogP contribution in [0.25, 0.3) is 0 Å². The van der Waals surface area contributed by atoms with E-state index in [9.17, 15) is 4.79 Å². The van der Waals surface area contributed by atoms with Gasteiger partial charge in [-0.05, 0) is 36.8 Å². The Morgan fingerprint density at radius 3 is 2.59 bits per heavy atom. The second kappa shape index (κ2) is 7.13. The number of amides is 1. The monoisotopic (exact) mass is 313 g/mol. The Morgan fingerprint density at radius 2 is 1.95 bits per heavy atom. The van der Waals surface area contributed by atoms with Gasteiger partial charge in [0, 0.05) is 33.8 Å². The highest BCUT2D eigenvalue weighted by Crippen LogP contribution is 2.32. The Morgan fingerprint density at radius 1 is 1.23 bits per heavy atom. The highest BCUT2D eigenvalue weighted by molar-refractivity contribution is 7.99. The fourth-order valence-corrected chi connectivity index (χ4v) is 3.07. The van der Waals surface area contributed by atoms with Gasteiger partial charge in [-0.1, -0.05) is 30.8 Å². The molecule has 114 valence electrons. The Kier molecular flexibility index (Phi) is 5.22. The lowest BCUT2D eigenvalue weighted by Crippen LogP contribution is -2.18. The SMILES string of the molecule is CCC(=N)c1ccc(Sc2ccccc2C(=O)NC)cc1N. The third-order valence-electron chi connectivity index (χ3n) is 3.29. The van der Waals surface area contributed by atoms with Crippen molar-refractivity contribution >= 4 is 29.1 Å². The van der Waals surface area contributed by atoms with Gasteiger partial charge in [0.05, 0.1) is 5.56 Å². The van der Waals surface area contributed by atoms with Crippen LogP contribution in [-0.2, 0) is 0 Å². The van der Waals surface area contributed by atoms with E-state index in [2.05, 4.69) is 5.32 Å². The molecule has 0 saturated heterocycles. The molecule has 2 rings (SSSR count). The van der Waals surface area contributed by atoms with Gasteiger partial charge in [0.1, 0.15) is 0 Å². The van der Waals surface area contributed by atoms with Crippen LogP contribution in [0, 0.1) is 5.41 Å². The number of hydrogen-bond donors (Lipinski definition) is 3. The number of benzene rings is 2. The molecule has 0 fully saturated rings. The Balaban J connectivity index is 2.31. The van der Waals surface area contributed by atoms with Crippen LogP contribution in [0.1, 0.15) is 29.3 Å². The molecule has 0 heterocycles. The predicted molar refractivity (Wildman–Crippen MR) is 91.9 cm³/mol. The van der Waals surface area contributed by atoms with Crippen molar-refractivity contribution < 1.29 is 4.79 Å². The molecule has 0 aliphatic heterocycles. The van der Waals surface area contributed by atoms with E-state index < -0.39 is 0 Å². The van der Waals surface area contributed by atoms with Gasteiger partial charge in [0.15, 0.2) is 0 Å². The van der Waals surface area contributed by atoms with Crippen LogP contribution in [0.5, 0.6) is 0 Å². The molecule has 0 spiro atoms. The van der Waals surface area contributed by atoms with Gasteiger partial charge in [-0.2, -0.15) is 0 Å². The fraction of sp³-hybridized carbons (Fsp3) is 0.176. The quantitative estimate of drug-likeness (QED) is 0.583. The van der Waals surface area contributed by atoms with E-state index in [0.29, 0.717) is 23.4 Å². The zero-order chi connectivity index (χ0) is 16.1. The van der Waals surface area contributed by atoms with Gasteiger partial charge in [0.25, 0.3) is 5.91 Å². The summed E-state index contributed by atoms with van der Waals surface area (Å²) in [6.45, 7) is 1.93. The molecule has 5 heteroatoms. The van der Waals surface area contributed by atoms with E-state index >= 15 is 0 Å². The van der Waals surface area contributed by atoms with E-state index in [1.165, 1.54) is 11.8 Å². The van der Waals surface area contributed by atoms with E-state index in [0.717, 1.165) is 15.4 Å². The van der Waals surface area contributed by atoms with E-state index in [1.807, 2.05) is 43.3 Å². The second-order valence-corrected chi connectivity index (χ2v) is 5.87. The molecule has 0 unspecified atom stereocenters. The van der Waals surface area contributed by atoms with Crippen molar-refractivity contribution in [2.75, 3.05) is 12.8 Å². The fourth-order valence-electron chi connectivity index (χ4n) is 2.07. The summed E-state index contributed by atoms with van der Waals surface area (Å²) in [5.74, 6) is -0.111. The zero-order valence-electron chi connectivity index (χ0n) is 12.6. The smallest absolute Gasteiger partial charge is 0.252 e. The average Bonchev–Trinajstić information content (AvgIpc) is 2.54. The molecule has 22 heavy (non-hydrogen) atoms. The normalized spacial score (nSPS) is 10.3. The molecule has 0 bridgehead atoms. The molecule has 1 amide bonds. The number of nitrogens with one attached hydrogen (secondary N) is 2. The number of carbonyl (C=O) groups excluding carboxylic acids is 1. The van der Waals surface area contributed by atoms with E-state index in [1.54, 1.807) is 13.1 Å². The molecular formula is C17H19N3OS. The summed E-state index contributed by atoms with van der Waals surface area (Å²) < 4.78 is 0. The summed E-state index contributed by atoms with van der Waals surface area (Å²) in [6.07, 6.45) is 0.649. The topological polar surface area (TPSA) is 79.0 Å². The molecule has 4 N–H and O–H groups in total. The highest BCUT2D eigenvalue weighted by Gasteiger charge is 2.11. The lowest BCUT2D eigenvalue weighted by atomic mass is 10.1. The van der Waals surface area contributed by atoms with Gasteiger partial charge in [-0.15, -0.1) is 0 Å². The summed E-state index contributed by atoms with van der Waals surface area (Å²) in [6, 6.07) is 13.1. The maximum Gasteiger partial charge on any atom is 0.252 e. The Labute approximate surface area is 134 Å². The molecule has 2 aromatic carbocycles. The number of hydrogen-bond acceptors (Lipinski definition) is 4. The molecule has 0 atom stereocenters.